The van der Waals surface area contributed by atoms with Crippen LogP contribution in [-0.4, -0.2) is 11.8 Å². The zero-order valence-electron chi connectivity index (χ0n) is 14.4. The lowest BCUT2D eigenvalue weighted by molar-refractivity contribution is -0.142. The molecule has 1 aliphatic rings. The molecule has 1 fully saturated rings. The highest BCUT2D eigenvalue weighted by atomic mass is 19.2. The highest BCUT2D eigenvalue weighted by Crippen LogP contribution is 2.39. The number of hydrogen-bond acceptors (Lipinski definition) is 3. The van der Waals surface area contributed by atoms with Crippen LogP contribution in [0.1, 0.15) is 30.7 Å². The van der Waals surface area contributed by atoms with Crippen LogP contribution in [0.3, 0.4) is 0 Å². The Morgan fingerprint density at radius 2 is 1.45 bits per heavy atom. The van der Waals surface area contributed by atoms with Gasteiger partial charge in [0.2, 0.25) is 34.8 Å². The summed E-state index contributed by atoms with van der Waals surface area (Å²) in [4.78, 5) is 24.2. The normalized spacial score (nSPS) is 19.3. The van der Waals surface area contributed by atoms with Crippen molar-refractivity contribution in [1.82, 2.24) is 0 Å². The van der Waals surface area contributed by atoms with E-state index in [1.165, 1.54) is 0 Å². The molecule has 2 aromatic carbocycles. The summed E-state index contributed by atoms with van der Waals surface area (Å²) in [5.74, 6) is -19.8. The summed E-state index contributed by atoms with van der Waals surface area (Å²) in [5.41, 5.74) is 0.0521. The Morgan fingerprint density at radius 1 is 0.862 bits per heavy atom. The van der Waals surface area contributed by atoms with Crippen LogP contribution in [0.25, 0.3) is 0 Å². The van der Waals surface area contributed by atoms with Gasteiger partial charge in [-0.3, -0.25) is 9.59 Å². The van der Waals surface area contributed by atoms with Gasteiger partial charge in [-0.1, -0.05) is 6.07 Å². The first kappa shape index (κ1) is 20.8. The molecule has 0 saturated heterocycles. The minimum absolute atomic E-state index is 0.0521. The van der Waals surface area contributed by atoms with Crippen molar-refractivity contribution >= 4 is 11.8 Å². The smallest absolute Gasteiger partial charge is 0.315 e. The SMILES string of the molecule is O=C1CC[C@@H](C(=O)Oc2c(F)c(F)c(F)c(F)c2F)[C@H](c2ccc(F)c(F)c2)C1. The van der Waals surface area contributed by atoms with Gasteiger partial charge in [-0.25, -0.2) is 22.0 Å². The molecule has 154 valence electrons. The number of halogens is 7. The number of hydrogen-bond donors (Lipinski definition) is 0. The third kappa shape index (κ3) is 3.83. The van der Waals surface area contributed by atoms with E-state index < -0.39 is 64.3 Å². The predicted molar refractivity (Wildman–Crippen MR) is 83.3 cm³/mol. The molecule has 29 heavy (non-hydrogen) atoms. The topological polar surface area (TPSA) is 43.4 Å². The van der Waals surface area contributed by atoms with E-state index in [0.717, 1.165) is 18.2 Å². The van der Waals surface area contributed by atoms with Gasteiger partial charge < -0.3 is 4.74 Å². The van der Waals surface area contributed by atoms with Crippen LogP contribution < -0.4 is 4.74 Å². The van der Waals surface area contributed by atoms with Gasteiger partial charge in [0.05, 0.1) is 5.92 Å². The lowest BCUT2D eigenvalue weighted by Crippen LogP contribution is -2.33. The maximum absolute atomic E-state index is 13.8. The Balaban J connectivity index is 1.95. The Labute approximate surface area is 159 Å². The van der Waals surface area contributed by atoms with Crippen molar-refractivity contribution in [1.29, 1.82) is 0 Å². The molecule has 0 amide bonds. The quantitative estimate of drug-likeness (QED) is 0.237. The van der Waals surface area contributed by atoms with Crippen LogP contribution in [0.5, 0.6) is 5.75 Å². The Hall–Kier alpha value is -2.91. The number of carbonyl (C=O) groups excluding carboxylic acids is 2. The Kier molecular flexibility index (Phi) is 5.63. The number of rotatable bonds is 3. The molecule has 3 rings (SSSR count). The predicted octanol–water partition coefficient (Wildman–Crippen LogP) is 4.72. The summed E-state index contributed by atoms with van der Waals surface area (Å²) < 4.78 is 98.4. The minimum atomic E-state index is -2.41. The molecule has 0 aliphatic heterocycles. The van der Waals surface area contributed by atoms with Gasteiger partial charge in [-0.15, -0.1) is 0 Å². The van der Waals surface area contributed by atoms with Crippen LogP contribution in [0.4, 0.5) is 30.7 Å². The molecule has 0 N–H and O–H groups in total. The highest BCUT2D eigenvalue weighted by molar-refractivity contribution is 5.85. The van der Waals surface area contributed by atoms with Gasteiger partial charge >= 0.3 is 5.97 Å². The van der Waals surface area contributed by atoms with Crippen molar-refractivity contribution in [3.8, 4) is 5.75 Å². The Bertz CT molecular complexity index is 977. The third-order valence-electron chi connectivity index (χ3n) is 4.71. The first-order valence-corrected chi connectivity index (χ1v) is 8.31. The van der Waals surface area contributed by atoms with E-state index in [4.69, 9.17) is 0 Å². The van der Waals surface area contributed by atoms with Gasteiger partial charge in [0.1, 0.15) is 5.78 Å². The van der Waals surface area contributed by atoms with Crippen molar-refractivity contribution < 1.29 is 45.1 Å². The van der Waals surface area contributed by atoms with Gasteiger partial charge in [-0.2, -0.15) is 8.78 Å². The molecule has 0 bridgehead atoms. The van der Waals surface area contributed by atoms with Gasteiger partial charge in [-0.05, 0) is 24.1 Å². The molecule has 0 unspecified atom stereocenters. The maximum Gasteiger partial charge on any atom is 0.315 e. The molecule has 0 aromatic heterocycles. The number of benzene rings is 2. The maximum atomic E-state index is 13.8. The zero-order chi connectivity index (χ0) is 21.5. The molecule has 0 radical (unpaired) electrons. The number of ketones is 1. The first-order chi connectivity index (χ1) is 13.6. The number of Topliss-reactive ketones (excluding diaryl/α,β-unsaturated/α-hetero) is 1. The molecule has 0 spiro atoms. The average molecular weight is 420 g/mol. The number of esters is 1. The second kappa shape index (κ2) is 7.84. The molecule has 2 aromatic rings. The minimum Gasteiger partial charge on any atom is -0.420 e. The van der Waals surface area contributed by atoms with Gasteiger partial charge in [0.25, 0.3) is 0 Å². The molecule has 2 atom stereocenters. The van der Waals surface area contributed by atoms with E-state index in [1.807, 2.05) is 0 Å². The van der Waals surface area contributed by atoms with Crippen molar-refractivity contribution in [2.45, 2.75) is 25.2 Å². The molecule has 3 nitrogen and oxygen atoms in total. The lowest BCUT2D eigenvalue weighted by Gasteiger charge is -2.29. The fourth-order valence-corrected chi connectivity index (χ4v) is 3.23. The Morgan fingerprint density at radius 3 is 2.03 bits per heavy atom. The van der Waals surface area contributed by atoms with Gasteiger partial charge in [0, 0.05) is 18.8 Å². The van der Waals surface area contributed by atoms with Crippen LogP contribution >= 0.6 is 0 Å². The fraction of sp³-hybridized carbons (Fsp3) is 0.263. The van der Waals surface area contributed by atoms with Crippen molar-refractivity contribution in [2.75, 3.05) is 0 Å². The van der Waals surface area contributed by atoms with E-state index in [2.05, 4.69) is 4.74 Å². The van der Waals surface area contributed by atoms with E-state index in [9.17, 15) is 40.3 Å². The second-order valence-electron chi connectivity index (χ2n) is 6.49. The van der Waals surface area contributed by atoms with Gasteiger partial charge in [0.15, 0.2) is 11.6 Å². The standard InChI is InChI=1S/C19H11F7O3/c20-11-4-1-7(5-12(11)21)10-6-8(27)2-3-9(10)19(28)29-18-16(25)14(23)13(22)15(24)17(18)26/h1,4-5,9-10H,2-3,6H2/t9-,10+/m1/s1. The molecular weight excluding hydrogens is 409 g/mol. The van der Waals surface area contributed by atoms with E-state index in [-0.39, 0.29) is 30.6 Å². The molecule has 0 heterocycles. The molecular formula is C19H11F7O3. The van der Waals surface area contributed by atoms with Crippen molar-refractivity contribution in [2.24, 2.45) is 5.92 Å². The summed E-state index contributed by atoms with van der Waals surface area (Å²) in [5, 5.41) is 0. The lowest BCUT2D eigenvalue weighted by atomic mass is 9.75. The monoisotopic (exact) mass is 420 g/mol. The van der Waals surface area contributed by atoms with Crippen LogP contribution in [0.2, 0.25) is 0 Å². The van der Waals surface area contributed by atoms with E-state index >= 15 is 0 Å². The molecule has 1 aliphatic carbocycles. The van der Waals surface area contributed by atoms with Crippen LogP contribution in [0, 0.1) is 46.6 Å². The van der Waals surface area contributed by atoms with Crippen LogP contribution in [-0.2, 0) is 9.59 Å². The van der Waals surface area contributed by atoms with Crippen LogP contribution in [0.15, 0.2) is 18.2 Å². The van der Waals surface area contributed by atoms with E-state index in [1.54, 1.807) is 0 Å². The first-order valence-electron chi connectivity index (χ1n) is 8.31. The van der Waals surface area contributed by atoms with Crippen molar-refractivity contribution in [3.63, 3.8) is 0 Å². The summed E-state index contributed by atoms with van der Waals surface area (Å²) >= 11 is 0. The molecule has 10 heteroatoms. The van der Waals surface area contributed by atoms with Crippen molar-refractivity contribution in [3.05, 3.63) is 64.5 Å². The van der Waals surface area contributed by atoms with E-state index in [0.29, 0.717) is 0 Å². The average Bonchev–Trinajstić information content (AvgIpc) is 2.70. The number of ether oxygens (including phenoxy) is 1. The zero-order valence-corrected chi connectivity index (χ0v) is 14.4. The summed E-state index contributed by atoms with van der Waals surface area (Å²) in [6, 6.07) is 2.66. The summed E-state index contributed by atoms with van der Waals surface area (Å²) in [6.45, 7) is 0. The summed E-state index contributed by atoms with van der Waals surface area (Å²) in [6.07, 6.45) is -0.560. The highest BCUT2D eigenvalue weighted by Gasteiger charge is 2.38. The second-order valence-corrected chi connectivity index (χ2v) is 6.49. The fourth-order valence-electron chi connectivity index (χ4n) is 3.23. The summed E-state index contributed by atoms with van der Waals surface area (Å²) in [7, 11) is 0. The largest absolute Gasteiger partial charge is 0.420 e. The number of carbonyl (C=O) groups is 2. The molecule has 1 saturated carbocycles. The third-order valence-corrected chi connectivity index (χ3v) is 4.71.